The predicted octanol–water partition coefficient (Wildman–Crippen LogP) is 8.63. The molecule has 0 spiro atoms. The zero-order chi connectivity index (χ0) is 25.5. The van der Waals surface area contributed by atoms with Crippen LogP contribution in [0.15, 0.2) is 53.0 Å². The van der Waals surface area contributed by atoms with E-state index < -0.39 is 9.84 Å². The molecule has 1 aliphatic rings. The van der Waals surface area contributed by atoms with Crippen LogP contribution in [0.25, 0.3) is 0 Å². The first-order valence-corrected chi connectivity index (χ1v) is 15.3. The lowest BCUT2D eigenvalue weighted by molar-refractivity contribution is 0.231. The summed E-state index contributed by atoms with van der Waals surface area (Å²) in [7, 11) is -1.71. The molecule has 2 rings (SSSR count). The molecule has 1 aromatic carbocycles. The Morgan fingerprint density at radius 2 is 1.65 bits per heavy atom. The summed E-state index contributed by atoms with van der Waals surface area (Å²) in [5, 5.41) is 0. The van der Waals surface area contributed by atoms with Gasteiger partial charge in [0.2, 0.25) is 0 Å². The van der Waals surface area contributed by atoms with Crippen molar-refractivity contribution in [3.63, 3.8) is 0 Å². The van der Waals surface area contributed by atoms with Gasteiger partial charge in [0.25, 0.3) is 0 Å². The summed E-state index contributed by atoms with van der Waals surface area (Å²) in [5.74, 6) is 0.327. The molecule has 0 aliphatic carbocycles. The van der Waals surface area contributed by atoms with Gasteiger partial charge in [0.15, 0.2) is 9.84 Å². The van der Waals surface area contributed by atoms with E-state index in [1.54, 1.807) is 7.11 Å². The van der Waals surface area contributed by atoms with Gasteiger partial charge in [-0.2, -0.15) is 0 Å². The van der Waals surface area contributed by atoms with Crippen LogP contribution in [0.4, 0.5) is 0 Å². The Bertz CT molecular complexity index is 839. The van der Waals surface area contributed by atoms with Crippen molar-refractivity contribution in [1.29, 1.82) is 0 Å². The number of rotatable bonds is 12. The number of sulfone groups is 1. The first-order chi connectivity index (χ1) is 16.4. The second kappa shape index (κ2) is 16.3. The van der Waals surface area contributed by atoms with Crippen molar-refractivity contribution >= 4 is 9.84 Å². The van der Waals surface area contributed by atoms with Crippen LogP contribution in [0, 0.1) is 5.41 Å². The van der Waals surface area contributed by atoms with Crippen molar-refractivity contribution in [2.75, 3.05) is 19.5 Å². The molecule has 0 aromatic heterocycles. The summed E-state index contributed by atoms with van der Waals surface area (Å²) < 4.78 is 33.1. The minimum absolute atomic E-state index is 0.0716. The highest BCUT2D eigenvalue weighted by Gasteiger charge is 2.43. The van der Waals surface area contributed by atoms with Gasteiger partial charge in [-0.3, -0.25) is 0 Å². The van der Waals surface area contributed by atoms with E-state index in [9.17, 15) is 8.42 Å². The van der Waals surface area contributed by atoms with E-state index in [-0.39, 0.29) is 17.1 Å². The van der Waals surface area contributed by atoms with Crippen molar-refractivity contribution in [2.24, 2.45) is 5.41 Å². The van der Waals surface area contributed by atoms with Crippen LogP contribution in [-0.4, -0.2) is 27.9 Å². The second-order valence-corrected chi connectivity index (χ2v) is 11.4. The third-order valence-electron chi connectivity index (χ3n) is 7.00. The molecule has 34 heavy (non-hydrogen) atoms. The third-order valence-corrected chi connectivity index (χ3v) is 9.06. The summed E-state index contributed by atoms with van der Waals surface area (Å²) >= 11 is 0. The molecule has 1 aliphatic heterocycles. The monoisotopic (exact) mass is 490 g/mol. The van der Waals surface area contributed by atoms with E-state index in [1.165, 1.54) is 18.4 Å². The minimum Gasteiger partial charge on any atom is -0.381 e. The van der Waals surface area contributed by atoms with Gasteiger partial charge in [-0.05, 0) is 48.7 Å². The Hall–Kier alpha value is -1.39. The van der Waals surface area contributed by atoms with Gasteiger partial charge in [-0.15, -0.1) is 0 Å². The molecule has 1 fully saturated rings. The molecular weight excluding hydrogens is 440 g/mol. The standard InChI is InChI=1S/C28H44O3S.C2H6/c1-5-8-10-11-15-18-27-25(19-21-31-4)26(24-16-13-12-14-17-24)22-28(7-3,20-9-6-2)23-32(27,29)30;1-2/h12-14,16-19,26H,5-11,15,20-23H2,1-4H3;1-2H3/b25-19-,27-18?;/t26-,28+;/m1./s1. The highest BCUT2D eigenvalue weighted by atomic mass is 32.2. The first-order valence-electron chi connectivity index (χ1n) is 13.6. The van der Waals surface area contributed by atoms with Gasteiger partial charge in [0.05, 0.1) is 17.3 Å². The molecular formula is C30H50O3S. The summed E-state index contributed by atoms with van der Waals surface area (Å²) in [6.07, 6.45) is 14.3. The number of benzene rings is 1. The molecule has 0 radical (unpaired) electrons. The van der Waals surface area contributed by atoms with E-state index in [4.69, 9.17) is 4.74 Å². The topological polar surface area (TPSA) is 43.4 Å². The van der Waals surface area contributed by atoms with Gasteiger partial charge in [0.1, 0.15) is 0 Å². The Morgan fingerprint density at radius 3 is 2.24 bits per heavy atom. The van der Waals surface area contributed by atoms with E-state index in [2.05, 4.69) is 45.0 Å². The fourth-order valence-electron chi connectivity index (χ4n) is 5.03. The lowest BCUT2D eigenvalue weighted by Crippen LogP contribution is -2.29. The van der Waals surface area contributed by atoms with Crippen LogP contribution in [0.5, 0.6) is 0 Å². The van der Waals surface area contributed by atoms with Gasteiger partial charge in [-0.1, -0.05) is 109 Å². The normalized spacial score (nSPS) is 24.5. The highest BCUT2D eigenvalue weighted by Crippen LogP contribution is 2.49. The average Bonchev–Trinajstić information content (AvgIpc) is 2.95. The summed E-state index contributed by atoms with van der Waals surface area (Å²) in [6, 6.07) is 10.5. The number of methoxy groups -OCH3 is 1. The number of unbranched alkanes of at least 4 members (excludes halogenated alkanes) is 5. The maximum atomic E-state index is 13.9. The molecule has 194 valence electrons. The molecule has 0 bridgehead atoms. The van der Waals surface area contributed by atoms with Crippen LogP contribution in [0.1, 0.15) is 110 Å². The largest absolute Gasteiger partial charge is 0.381 e. The Kier molecular flexibility index (Phi) is 14.7. The van der Waals surface area contributed by atoms with Crippen molar-refractivity contribution < 1.29 is 13.2 Å². The Labute approximate surface area is 211 Å². The maximum absolute atomic E-state index is 13.9. The van der Waals surface area contributed by atoms with E-state index in [1.807, 2.05) is 32.1 Å². The Balaban J connectivity index is 0.00000281. The molecule has 0 unspecified atom stereocenters. The number of ether oxygens (including phenoxy) is 1. The number of hydrogen-bond donors (Lipinski definition) is 0. The minimum atomic E-state index is -3.39. The smallest absolute Gasteiger partial charge is 0.178 e. The molecule has 0 N–H and O–H groups in total. The molecule has 0 saturated carbocycles. The SMILES string of the molecule is CC.CCCCCCC=C1/C(=C\COC)[C@@H](c2ccccc2)C[C@](CC)(CCCC)CS1(=O)=O. The van der Waals surface area contributed by atoms with E-state index >= 15 is 0 Å². The Morgan fingerprint density at radius 1 is 0.971 bits per heavy atom. The molecule has 1 heterocycles. The van der Waals surface area contributed by atoms with E-state index in [0.29, 0.717) is 11.5 Å². The highest BCUT2D eigenvalue weighted by molar-refractivity contribution is 7.95. The molecule has 3 nitrogen and oxygen atoms in total. The van der Waals surface area contributed by atoms with Crippen molar-refractivity contribution in [1.82, 2.24) is 0 Å². The fourth-order valence-corrected chi connectivity index (χ4v) is 7.42. The van der Waals surface area contributed by atoms with Gasteiger partial charge >= 0.3 is 0 Å². The summed E-state index contributed by atoms with van der Waals surface area (Å²) in [5.41, 5.74) is 1.96. The molecule has 4 heteroatoms. The van der Waals surface area contributed by atoms with Crippen LogP contribution in [0.3, 0.4) is 0 Å². The molecule has 1 saturated heterocycles. The van der Waals surface area contributed by atoms with Crippen molar-refractivity contribution in [2.45, 2.75) is 105 Å². The van der Waals surface area contributed by atoms with E-state index in [0.717, 1.165) is 56.9 Å². The predicted molar refractivity (Wildman–Crippen MR) is 148 cm³/mol. The maximum Gasteiger partial charge on any atom is 0.178 e. The lowest BCUT2D eigenvalue weighted by atomic mass is 9.71. The van der Waals surface area contributed by atoms with Gasteiger partial charge in [0, 0.05) is 13.0 Å². The first kappa shape index (κ1) is 30.6. The van der Waals surface area contributed by atoms with Crippen LogP contribution in [-0.2, 0) is 14.6 Å². The zero-order valence-corrected chi connectivity index (χ0v) is 23.6. The van der Waals surface area contributed by atoms with Crippen LogP contribution < -0.4 is 0 Å². The van der Waals surface area contributed by atoms with Crippen molar-refractivity contribution in [3.05, 3.63) is 58.5 Å². The summed E-state index contributed by atoms with van der Waals surface area (Å²) in [6.45, 7) is 11.0. The fraction of sp³-hybridized carbons (Fsp3) is 0.667. The zero-order valence-electron chi connectivity index (χ0n) is 22.7. The van der Waals surface area contributed by atoms with Crippen molar-refractivity contribution in [3.8, 4) is 0 Å². The number of allylic oxidation sites excluding steroid dienone is 2. The lowest BCUT2D eigenvalue weighted by Gasteiger charge is -2.34. The number of hydrogen-bond acceptors (Lipinski definition) is 3. The van der Waals surface area contributed by atoms with Crippen LogP contribution >= 0.6 is 0 Å². The molecule has 1 aromatic rings. The second-order valence-electron chi connectivity index (χ2n) is 9.42. The quantitative estimate of drug-likeness (QED) is 0.275. The van der Waals surface area contributed by atoms with Crippen LogP contribution in [0.2, 0.25) is 0 Å². The molecule has 0 amide bonds. The summed E-state index contributed by atoms with van der Waals surface area (Å²) in [4.78, 5) is 0.562. The average molecular weight is 491 g/mol. The third kappa shape index (κ3) is 9.00. The van der Waals surface area contributed by atoms with Gasteiger partial charge in [-0.25, -0.2) is 8.42 Å². The molecule has 2 atom stereocenters. The van der Waals surface area contributed by atoms with Gasteiger partial charge < -0.3 is 4.74 Å².